The van der Waals surface area contributed by atoms with Gasteiger partial charge in [-0.05, 0) is 17.3 Å². The molecule has 0 radical (unpaired) electrons. The van der Waals surface area contributed by atoms with Crippen molar-refractivity contribution in [2.45, 2.75) is 0 Å². The number of nitrogens with zero attached hydrogens (tertiary/aromatic N) is 4. The van der Waals surface area contributed by atoms with Gasteiger partial charge in [0.05, 0.1) is 0 Å². The Balaban J connectivity index is 0.000000270. The van der Waals surface area contributed by atoms with Crippen LogP contribution in [0.15, 0.2) is 24.3 Å². The fourth-order valence-electron chi connectivity index (χ4n) is 1.17. The molecule has 0 saturated heterocycles. The van der Waals surface area contributed by atoms with E-state index in [9.17, 15) is 30.0 Å². The van der Waals surface area contributed by atoms with E-state index in [1.807, 2.05) is 24.3 Å². The standard InChI is InChI=1S/C8H9N4OP.F6P/c1-11(6-13)14-12-8-5-3-2-4-7(8)9-10-12;1-7(2,3,4,5)6/h2-6,14H,1H3;/q;-1/p+1. The van der Waals surface area contributed by atoms with Crippen LogP contribution in [0.25, 0.3) is 11.0 Å². The number of aromatic nitrogens is 3. The van der Waals surface area contributed by atoms with Crippen molar-refractivity contribution in [2.24, 2.45) is 0 Å². The first kappa shape index (κ1) is 17.6. The number of hydrogen-bond acceptors (Lipinski definition) is 3. The molecular formula is C8H10F6N4OP2. The van der Waals surface area contributed by atoms with Gasteiger partial charge >= 0.3 is 33.0 Å². The van der Waals surface area contributed by atoms with Crippen molar-refractivity contribution in [3.05, 3.63) is 24.3 Å². The van der Waals surface area contributed by atoms with Crippen molar-refractivity contribution < 1.29 is 30.0 Å². The number of halogens is 6. The molecule has 0 aliphatic heterocycles. The van der Waals surface area contributed by atoms with E-state index < -0.39 is 7.81 Å². The maximum atomic E-state index is 10.5. The van der Waals surface area contributed by atoms with E-state index in [0.29, 0.717) is 0 Å². The molecule has 1 amide bonds. The van der Waals surface area contributed by atoms with Gasteiger partial charge in [-0.25, -0.2) is 4.67 Å². The number of carbonyl (C=O) groups is 1. The molecule has 2 aromatic rings. The van der Waals surface area contributed by atoms with E-state index in [0.717, 1.165) is 17.4 Å². The molecule has 0 fully saturated rings. The molecule has 0 aliphatic rings. The molecule has 1 unspecified atom stereocenters. The normalized spacial score (nSPS) is 15.2. The van der Waals surface area contributed by atoms with Crippen LogP contribution in [0.2, 0.25) is 0 Å². The third kappa shape index (κ3) is 8.41. The Morgan fingerprint density at radius 3 is 2.24 bits per heavy atom. The van der Waals surface area contributed by atoms with E-state index in [4.69, 9.17) is 0 Å². The topological polar surface area (TPSA) is 51.0 Å². The maximum absolute atomic E-state index is 10.7. The fraction of sp³-hybridized carbons (Fsp3) is 0.125. The molecule has 2 rings (SSSR count). The summed E-state index contributed by atoms with van der Waals surface area (Å²) < 4.78 is 62.5. The van der Waals surface area contributed by atoms with Gasteiger partial charge in [-0.3, -0.25) is 4.79 Å². The van der Waals surface area contributed by atoms with Crippen molar-refractivity contribution in [3.8, 4) is 0 Å². The van der Waals surface area contributed by atoms with E-state index in [2.05, 4.69) is 10.3 Å². The summed E-state index contributed by atoms with van der Waals surface area (Å²) in [6, 6.07) is 7.70. The number of benzene rings is 1. The molecule has 1 aromatic heterocycles. The van der Waals surface area contributed by atoms with E-state index in [1.54, 1.807) is 16.2 Å². The van der Waals surface area contributed by atoms with Gasteiger partial charge in [-0.15, -0.1) is 9.55 Å². The van der Waals surface area contributed by atoms with E-state index >= 15 is 0 Å². The van der Waals surface area contributed by atoms with Crippen LogP contribution in [0.4, 0.5) is 25.2 Å². The summed E-state index contributed by atoms with van der Waals surface area (Å²) in [5, 5.41) is 7.98. The van der Waals surface area contributed by atoms with Crippen LogP contribution in [0.5, 0.6) is 0 Å². The van der Waals surface area contributed by atoms with Crippen LogP contribution in [-0.4, -0.2) is 32.9 Å². The van der Waals surface area contributed by atoms with Crippen molar-refractivity contribution in [1.29, 1.82) is 0 Å². The Labute approximate surface area is 116 Å². The zero-order valence-electron chi connectivity index (χ0n) is 10.4. The van der Waals surface area contributed by atoms with Gasteiger partial charge in [0.1, 0.15) is 11.0 Å². The van der Waals surface area contributed by atoms with Crippen LogP contribution in [-0.2, 0) is 4.79 Å². The zero-order valence-corrected chi connectivity index (χ0v) is 12.4. The molecule has 1 heterocycles. The zero-order chi connectivity index (χ0) is 16.4. The number of fused-ring (bicyclic) bond motifs is 1. The Kier molecular flexibility index (Phi) is 4.24. The van der Waals surface area contributed by atoms with Gasteiger partial charge < -0.3 is 0 Å². The van der Waals surface area contributed by atoms with Crippen molar-refractivity contribution in [3.63, 3.8) is 0 Å². The van der Waals surface area contributed by atoms with Crippen LogP contribution in [0.3, 0.4) is 0 Å². The summed E-state index contributed by atoms with van der Waals surface area (Å²) >= 11 is 0. The van der Waals surface area contributed by atoms with Crippen molar-refractivity contribution in [1.82, 2.24) is 19.4 Å². The van der Waals surface area contributed by atoms with Gasteiger partial charge in [-0.1, -0.05) is 12.1 Å². The molecular weight excluding hydrogens is 344 g/mol. The molecule has 13 heteroatoms. The number of hydrogen-bond donors (Lipinski definition) is 0. The number of amides is 1. The predicted octanol–water partition coefficient (Wildman–Crippen LogP) is 3.99. The first-order valence-corrected chi connectivity index (χ1v) is 8.21. The SMILES string of the molecule is CN(C=O)[PH2+]n1nnc2ccccc21.F[P-](F)(F)(F)(F)F. The Morgan fingerprint density at radius 2 is 1.71 bits per heavy atom. The summed E-state index contributed by atoms with van der Waals surface area (Å²) in [6.07, 6.45) is 0.797. The molecule has 21 heavy (non-hydrogen) atoms. The van der Waals surface area contributed by atoms with E-state index in [1.165, 1.54) is 0 Å². The molecule has 0 bridgehead atoms. The quantitative estimate of drug-likeness (QED) is 0.476. The van der Waals surface area contributed by atoms with E-state index in [-0.39, 0.29) is 8.88 Å². The molecule has 1 atom stereocenters. The number of carbonyl (C=O) groups excluding carboxylic acids is 1. The monoisotopic (exact) mass is 354 g/mol. The van der Waals surface area contributed by atoms with Crippen LogP contribution >= 0.6 is 16.7 Å². The summed E-state index contributed by atoms with van der Waals surface area (Å²) in [6.45, 7) is 0. The fourth-order valence-corrected chi connectivity index (χ4v) is 2.01. The van der Waals surface area contributed by atoms with Crippen LogP contribution in [0.1, 0.15) is 0 Å². The second-order valence-corrected chi connectivity index (χ2v) is 7.32. The second-order valence-electron chi connectivity index (χ2n) is 3.87. The summed E-state index contributed by atoms with van der Waals surface area (Å²) in [5.74, 6) is 0. The minimum atomic E-state index is -10.7. The Morgan fingerprint density at radius 1 is 1.19 bits per heavy atom. The average molecular weight is 354 g/mol. The Hall–Kier alpha value is -1.47. The number of rotatable bonds is 3. The minimum absolute atomic E-state index is 0.347. The molecule has 1 aromatic carbocycles. The molecule has 0 saturated carbocycles. The molecule has 5 nitrogen and oxygen atoms in total. The van der Waals surface area contributed by atoms with Gasteiger partial charge in [0.15, 0.2) is 0 Å². The van der Waals surface area contributed by atoms with Crippen LogP contribution in [0, 0.1) is 0 Å². The van der Waals surface area contributed by atoms with Crippen molar-refractivity contribution >= 4 is 34.1 Å². The van der Waals surface area contributed by atoms with Gasteiger partial charge in [0.25, 0.3) is 0 Å². The molecule has 0 spiro atoms. The molecule has 120 valence electrons. The predicted molar refractivity (Wildman–Crippen MR) is 70.0 cm³/mol. The summed E-state index contributed by atoms with van der Waals surface area (Å²) in [4.78, 5) is 10.5. The third-order valence-electron chi connectivity index (χ3n) is 1.84. The number of para-hydroxylation sites is 1. The molecule has 0 aliphatic carbocycles. The van der Waals surface area contributed by atoms with Crippen LogP contribution < -0.4 is 0 Å². The first-order valence-electron chi connectivity index (χ1n) is 5.15. The molecule has 0 N–H and O–H groups in total. The summed E-state index contributed by atoms with van der Waals surface area (Å²) in [5.41, 5.74) is 1.83. The first-order chi connectivity index (χ1) is 9.26. The Bertz CT molecular complexity index is 631. The average Bonchev–Trinajstić information content (AvgIpc) is 2.69. The van der Waals surface area contributed by atoms with Gasteiger partial charge in [0, 0.05) is 7.05 Å². The van der Waals surface area contributed by atoms with Crippen molar-refractivity contribution in [2.75, 3.05) is 7.05 Å². The third-order valence-corrected chi connectivity index (χ3v) is 2.92. The second kappa shape index (κ2) is 5.06. The van der Waals surface area contributed by atoms with Gasteiger partial charge in [0.2, 0.25) is 15.3 Å². The summed E-state index contributed by atoms with van der Waals surface area (Å²) in [7, 11) is -9.27. The van der Waals surface area contributed by atoms with Gasteiger partial charge in [-0.2, -0.15) is 0 Å².